The van der Waals surface area contributed by atoms with Gasteiger partial charge in [-0.15, -0.1) is 0 Å². The molecule has 3 rings (SSSR count). The van der Waals surface area contributed by atoms with E-state index in [1.54, 1.807) is 24.3 Å². The van der Waals surface area contributed by atoms with E-state index in [4.69, 9.17) is 4.74 Å². The maximum absolute atomic E-state index is 13.3. The molecular formula is C24H25FN2O4S. The van der Waals surface area contributed by atoms with Crippen molar-refractivity contribution in [3.63, 3.8) is 0 Å². The number of nitrogens with zero attached hydrogens (tertiary/aromatic N) is 1. The van der Waals surface area contributed by atoms with Crippen LogP contribution in [0.3, 0.4) is 0 Å². The molecule has 0 heterocycles. The Kier molecular flexibility index (Phi) is 7.48. The summed E-state index contributed by atoms with van der Waals surface area (Å²) in [6.45, 7) is 3.84. The molecule has 0 aliphatic rings. The normalized spacial score (nSPS) is 11.1. The maximum atomic E-state index is 13.3. The Labute approximate surface area is 187 Å². The lowest BCUT2D eigenvalue weighted by atomic mass is 10.2. The number of aryl methyl sites for hydroxylation is 2. The van der Waals surface area contributed by atoms with Crippen LogP contribution >= 0.6 is 0 Å². The van der Waals surface area contributed by atoms with E-state index in [0.29, 0.717) is 5.69 Å². The smallest absolute Gasteiger partial charge is 0.264 e. The molecule has 0 unspecified atom stereocenters. The van der Waals surface area contributed by atoms with Gasteiger partial charge >= 0.3 is 0 Å². The van der Waals surface area contributed by atoms with Crippen LogP contribution in [0.15, 0.2) is 77.7 Å². The van der Waals surface area contributed by atoms with E-state index in [9.17, 15) is 17.6 Å². The summed E-state index contributed by atoms with van der Waals surface area (Å²) >= 11 is 0. The topological polar surface area (TPSA) is 75.7 Å². The summed E-state index contributed by atoms with van der Waals surface area (Å²) in [5.41, 5.74) is 2.27. The average Bonchev–Trinajstić information content (AvgIpc) is 2.77. The summed E-state index contributed by atoms with van der Waals surface area (Å²) in [6.07, 6.45) is 0. The fraction of sp³-hybridized carbons (Fsp3) is 0.208. The second kappa shape index (κ2) is 10.3. The van der Waals surface area contributed by atoms with Crippen LogP contribution in [0.2, 0.25) is 0 Å². The molecule has 0 atom stereocenters. The summed E-state index contributed by atoms with van der Waals surface area (Å²) in [4.78, 5) is 12.5. The third kappa shape index (κ3) is 5.85. The van der Waals surface area contributed by atoms with Crippen molar-refractivity contribution >= 4 is 21.6 Å². The minimum absolute atomic E-state index is 0.102. The first-order valence-corrected chi connectivity index (χ1v) is 11.5. The van der Waals surface area contributed by atoms with Gasteiger partial charge in [-0.25, -0.2) is 12.8 Å². The standard InChI is InChI=1S/C24H25FN2O4S/c1-18-7-11-21(12-8-18)27(32(29,30)22-13-9-20(25)10-14-22)17-24(28)26-15-16-31-23-6-4-3-5-19(23)2/h3-14H,15-17H2,1-2H3,(H,26,28). The van der Waals surface area contributed by atoms with E-state index in [1.807, 2.05) is 38.1 Å². The molecule has 0 aromatic heterocycles. The first-order valence-electron chi connectivity index (χ1n) is 10.1. The summed E-state index contributed by atoms with van der Waals surface area (Å²) in [5.74, 6) is -0.302. The summed E-state index contributed by atoms with van der Waals surface area (Å²) in [6, 6.07) is 18.8. The van der Waals surface area contributed by atoms with Gasteiger partial charge in [-0.05, 0) is 61.9 Å². The Bertz CT molecular complexity index is 1160. The van der Waals surface area contributed by atoms with Gasteiger partial charge in [0.05, 0.1) is 17.1 Å². The van der Waals surface area contributed by atoms with Crippen molar-refractivity contribution in [3.05, 3.63) is 89.7 Å². The van der Waals surface area contributed by atoms with Crippen molar-refractivity contribution in [3.8, 4) is 5.75 Å². The lowest BCUT2D eigenvalue weighted by molar-refractivity contribution is -0.119. The van der Waals surface area contributed by atoms with Crippen LogP contribution in [0.5, 0.6) is 5.75 Å². The van der Waals surface area contributed by atoms with E-state index < -0.39 is 28.3 Å². The monoisotopic (exact) mass is 456 g/mol. The summed E-state index contributed by atoms with van der Waals surface area (Å²) in [7, 11) is -4.08. The van der Waals surface area contributed by atoms with Crippen LogP contribution in [0.4, 0.5) is 10.1 Å². The lowest BCUT2D eigenvalue weighted by Gasteiger charge is -2.24. The van der Waals surface area contributed by atoms with Gasteiger partial charge in [0.15, 0.2) is 0 Å². The van der Waals surface area contributed by atoms with Crippen molar-refractivity contribution in [2.75, 3.05) is 24.0 Å². The third-order valence-corrected chi connectivity index (χ3v) is 6.57. The summed E-state index contributed by atoms with van der Waals surface area (Å²) < 4.78 is 46.4. The number of ether oxygens (including phenoxy) is 1. The largest absolute Gasteiger partial charge is 0.491 e. The zero-order chi connectivity index (χ0) is 23.1. The van der Waals surface area contributed by atoms with Crippen molar-refractivity contribution in [1.82, 2.24) is 5.32 Å². The summed E-state index contributed by atoms with van der Waals surface area (Å²) in [5, 5.41) is 2.69. The van der Waals surface area contributed by atoms with Gasteiger partial charge in [-0.2, -0.15) is 0 Å². The van der Waals surface area contributed by atoms with Gasteiger partial charge in [0.25, 0.3) is 10.0 Å². The van der Waals surface area contributed by atoms with Gasteiger partial charge < -0.3 is 10.1 Å². The van der Waals surface area contributed by atoms with Crippen LogP contribution in [0.1, 0.15) is 11.1 Å². The van der Waals surface area contributed by atoms with E-state index in [-0.39, 0.29) is 18.0 Å². The Balaban J connectivity index is 1.71. The number of carbonyl (C=O) groups excluding carboxylic acids is 1. The molecule has 0 spiro atoms. The van der Waals surface area contributed by atoms with Gasteiger partial charge in [0.1, 0.15) is 24.7 Å². The van der Waals surface area contributed by atoms with Crippen LogP contribution in [-0.2, 0) is 14.8 Å². The first-order chi connectivity index (χ1) is 15.3. The number of amides is 1. The molecule has 8 heteroatoms. The van der Waals surface area contributed by atoms with Crippen LogP contribution in [0, 0.1) is 19.7 Å². The number of hydrogen-bond acceptors (Lipinski definition) is 4. The number of halogens is 1. The Morgan fingerprint density at radius 2 is 1.62 bits per heavy atom. The number of nitrogens with one attached hydrogen (secondary N) is 1. The molecule has 0 fully saturated rings. The predicted molar refractivity (Wildman–Crippen MR) is 122 cm³/mol. The fourth-order valence-electron chi connectivity index (χ4n) is 3.02. The highest BCUT2D eigenvalue weighted by Gasteiger charge is 2.27. The predicted octanol–water partition coefficient (Wildman–Crippen LogP) is 3.83. The molecule has 1 N–H and O–H groups in total. The average molecular weight is 457 g/mol. The second-order valence-electron chi connectivity index (χ2n) is 7.27. The molecule has 0 bridgehead atoms. The molecule has 3 aromatic rings. The Hall–Kier alpha value is -3.39. The molecule has 0 radical (unpaired) electrons. The fourth-order valence-corrected chi connectivity index (χ4v) is 4.44. The molecule has 0 saturated carbocycles. The molecule has 0 aliphatic carbocycles. The van der Waals surface area contributed by atoms with Gasteiger partial charge in [-0.3, -0.25) is 9.10 Å². The van der Waals surface area contributed by atoms with E-state index >= 15 is 0 Å². The maximum Gasteiger partial charge on any atom is 0.264 e. The molecule has 32 heavy (non-hydrogen) atoms. The number of para-hydroxylation sites is 1. The SMILES string of the molecule is Cc1ccc(N(CC(=O)NCCOc2ccccc2C)S(=O)(=O)c2ccc(F)cc2)cc1. The molecule has 0 aliphatic heterocycles. The van der Waals surface area contributed by atoms with Crippen molar-refractivity contribution in [1.29, 1.82) is 0 Å². The molecule has 168 valence electrons. The number of anilines is 1. The highest BCUT2D eigenvalue weighted by Crippen LogP contribution is 2.24. The Morgan fingerprint density at radius 1 is 0.969 bits per heavy atom. The molecule has 1 amide bonds. The molecule has 0 saturated heterocycles. The third-order valence-electron chi connectivity index (χ3n) is 4.79. The lowest BCUT2D eigenvalue weighted by Crippen LogP contribution is -2.41. The number of sulfonamides is 1. The number of carbonyl (C=O) groups is 1. The van der Waals surface area contributed by atoms with E-state index in [1.165, 1.54) is 12.1 Å². The zero-order valence-corrected chi connectivity index (χ0v) is 18.7. The quantitative estimate of drug-likeness (QED) is 0.497. The number of benzene rings is 3. The van der Waals surface area contributed by atoms with Gasteiger partial charge in [-0.1, -0.05) is 35.9 Å². The van der Waals surface area contributed by atoms with Crippen molar-refractivity contribution in [2.45, 2.75) is 18.7 Å². The number of rotatable bonds is 9. The molecule has 3 aromatic carbocycles. The molecule has 6 nitrogen and oxygen atoms in total. The van der Waals surface area contributed by atoms with E-state index in [2.05, 4.69) is 5.32 Å². The zero-order valence-electron chi connectivity index (χ0n) is 17.9. The Morgan fingerprint density at radius 3 is 2.28 bits per heavy atom. The minimum Gasteiger partial charge on any atom is -0.491 e. The highest BCUT2D eigenvalue weighted by molar-refractivity contribution is 7.92. The van der Waals surface area contributed by atoms with Crippen LogP contribution in [-0.4, -0.2) is 34.0 Å². The van der Waals surface area contributed by atoms with Crippen molar-refractivity contribution in [2.24, 2.45) is 0 Å². The molecular weight excluding hydrogens is 431 g/mol. The van der Waals surface area contributed by atoms with Crippen LogP contribution in [0.25, 0.3) is 0 Å². The number of hydrogen-bond donors (Lipinski definition) is 1. The minimum atomic E-state index is -4.08. The van der Waals surface area contributed by atoms with Crippen LogP contribution < -0.4 is 14.4 Å². The van der Waals surface area contributed by atoms with Gasteiger partial charge in [0.2, 0.25) is 5.91 Å². The van der Waals surface area contributed by atoms with E-state index in [0.717, 1.165) is 33.3 Å². The second-order valence-corrected chi connectivity index (χ2v) is 9.13. The van der Waals surface area contributed by atoms with Gasteiger partial charge in [0, 0.05) is 0 Å². The first kappa shape index (κ1) is 23.3. The van der Waals surface area contributed by atoms with Crippen molar-refractivity contribution < 1.29 is 22.3 Å². The highest BCUT2D eigenvalue weighted by atomic mass is 32.2.